The summed E-state index contributed by atoms with van der Waals surface area (Å²) in [5.41, 5.74) is 0.563. The maximum atomic E-state index is 11.9. The average molecular weight is 277 g/mol. The van der Waals surface area contributed by atoms with Gasteiger partial charge in [-0.25, -0.2) is 4.79 Å². The van der Waals surface area contributed by atoms with Crippen LogP contribution in [0.25, 0.3) is 0 Å². The molecule has 1 aromatic carbocycles. The van der Waals surface area contributed by atoms with Gasteiger partial charge in [0, 0.05) is 23.9 Å². The molecule has 2 rings (SSSR count). The molecule has 1 aromatic rings. The zero-order valence-corrected chi connectivity index (χ0v) is 11.5. The molecule has 1 saturated carbocycles. The van der Waals surface area contributed by atoms with Crippen molar-refractivity contribution in [1.82, 2.24) is 5.32 Å². The fourth-order valence-corrected chi connectivity index (χ4v) is 2.53. The van der Waals surface area contributed by atoms with E-state index in [1.54, 1.807) is 0 Å². The number of nitro benzene ring substituents is 1. The van der Waals surface area contributed by atoms with E-state index in [1.165, 1.54) is 30.7 Å². The van der Waals surface area contributed by atoms with Crippen molar-refractivity contribution in [2.45, 2.75) is 38.6 Å². The van der Waals surface area contributed by atoms with Gasteiger partial charge in [0.1, 0.15) is 0 Å². The Morgan fingerprint density at radius 3 is 2.50 bits per heavy atom. The summed E-state index contributed by atoms with van der Waals surface area (Å²) < 4.78 is 0. The first-order chi connectivity index (χ1) is 9.56. The second-order valence-corrected chi connectivity index (χ2v) is 5.27. The summed E-state index contributed by atoms with van der Waals surface area (Å²) in [6.45, 7) is 2.15. The van der Waals surface area contributed by atoms with Crippen molar-refractivity contribution in [3.8, 4) is 0 Å². The van der Waals surface area contributed by atoms with Gasteiger partial charge in [0.2, 0.25) is 0 Å². The van der Waals surface area contributed by atoms with Gasteiger partial charge in [0.15, 0.2) is 0 Å². The van der Waals surface area contributed by atoms with Gasteiger partial charge in [-0.15, -0.1) is 0 Å². The zero-order valence-electron chi connectivity index (χ0n) is 11.5. The van der Waals surface area contributed by atoms with Crippen LogP contribution in [0, 0.1) is 16.0 Å². The van der Waals surface area contributed by atoms with E-state index in [9.17, 15) is 14.9 Å². The van der Waals surface area contributed by atoms with Gasteiger partial charge in [-0.3, -0.25) is 10.1 Å². The van der Waals surface area contributed by atoms with Gasteiger partial charge < -0.3 is 10.6 Å². The number of benzene rings is 1. The lowest BCUT2D eigenvalue weighted by atomic mass is 9.86. The van der Waals surface area contributed by atoms with Crippen molar-refractivity contribution in [3.63, 3.8) is 0 Å². The van der Waals surface area contributed by atoms with Gasteiger partial charge in [-0.05, 0) is 30.9 Å². The lowest BCUT2D eigenvalue weighted by molar-refractivity contribution is -0.384. The Bertz CT molecular complexity index is 487. The maximum absolute atomic E-state index is 11.9. The number of carbonyl (C=O) groups excluding carboxylic acids is 1. The minimum Gasteiger partial charge on any atom is -0.335 e. The molecule has 6 heteroatoms. The molecule has 2 unspecified atom stereocenters. The summed E-state index contributed by atoms with van der Waals surface area (Å²) in [6, 6.07) is 5.77. The highest BCUT2D eigenvalue weighted by Gasteiger charge is 2.22. The average Bonchev–Trinajstić information content (AvgIpc) is 2.42. The quantitative estimate of drug-likeness (QED) is 0.656. The lowest BCUT2D eigenvalue weighted by Gasteiger charge is -2.29. The number of nitrogens with zero attached hydrogens (tertiary/aromatic N) is 1. The molecule has 0 heterocycles. The molecule has 0 radical (unpaired) electrons. The molecule has 0 aromatic heterocycles. The summed E-state index contributed by atoms with van der Waals surface area (Å²) in [4.78, 5) is 22.0. The molecule has 2 N–H and O–H groups in total. The second kappa shape index (κ2) is 6.36. The van der Waals surface area contributed by atoms with E-state index in [-0.39, 0.29) is 17.8 Å². The van der Waals surface area contributed by atoms with Gasteiger partial charge in [0.25, 0.3) is 5.69 Å². The Morgan fingerprint density at radius 2 is 1.90 bits per heavy atom. The monoisotopic (exact) mass is 277 g/mol. The van der Waals surface area contributed by atoms with Crippen molar-refractivity contribution in [2.24, 2.45) is 5.92 Å². The number of anilines is 1. The Kier molecular flexibility index (Phi) is 4.55. The largest absolute Gasteiger partial charge is 0.335 e. The van der Waals surface area contributed by atoms with Crippen LogP contribution in [-0.2, 0) is 0 Å². The van der Waals surface area contributed by atoms with Crippen LogP contribution in [0.3, 0.4) is 0 Å². The highest BCUT2D eigenvalue weighted by Crippen LogP contribution is 2.23. The number of urea groups is 1. The van der Waals surface area contributed by atoms with E-state index in [1.807, 2.05) is 0 Å². The van der Waals surface area contributed by atoms with E-state index < -0.39 is 4.92 Å². The normalized spacial score (nSPS) is 22.1. The predicted octanol–water partition coefficient (Wildman–Crippen LogP) is 3.30. The van der Waals surface area contributed by atoms with E-state index in [0.29, 0.717) is 11.6 Å². The van der Waals surface area contributed by atoms with Crippen LogP contribution in [0.4, 0.5) is 16.2 Å². The smallest absolute Gasteiger partial charge is 0.319 e. The Balaban J connectivity index is 1.89. The summed E-state index contributed by atoms with van der Waals surface area (Å²) in [7, 11) is 0. The van der Waals surface area contributed by atoms with Crippen LogP contribution in [0.5, 0.6) is 0 Å². The second-order valence-electron chi connectivity index (χ2n) is 5.27. The third-order valence-electron chi connectivity index (χ3n) is 3.76. The van der Waals surface area contributed by atoms with Gasteiger partial charge in [-0.2, -0.15) is 0 Å². The van der Waals surface area contributed by atoms with Crippen LogP contribution in [0.15, 0.2) is 24.3 Å². The number of non-ortho nitro benzene ring substituents is 1. The number of nitrogens with one attached hydrogen (secondary N) is 2. The van der Waals surface area contributed by atoms with Crippen LogP contribution in [0.1, 0.15) is 32.6 Å². The Morgan fingerprint density at radius 1 is 1.25 bits per heavy atom. The Labute approximate surface area is 117 Å². The highest BCUT2D eigenvalue weighted by molar-refractivity contribution is 5.89. The fourth-order valence-electron chi connectivity index (χ4n) is 2.53. The molecule has 2 atom stereocenters. The van der Waals surface area contributed by atoms with E-state index in [2.05, 4.69) is 17.6 Å². The zero-order chi connectivity index (χ0) is 14.5. The number of nitro groups is 1. The number of hydrogen-bond acceptors (Lipinski definition) is 3. The topological polar surface area (TPSA) is 84.3 Å². The third kappa shape index (κ3) is 3.69. The highest BCUT2D eigenvalue weighted by atomic mass is 16.6. The summed E-state index contributed by atoms with van der Waals surface area (Å²) in [5.74, 6) is 0.492. The number of hydrogen-bond donors (Lipinski definition) is 2. The Hall–Kier alpha value is -2.11. The minimum atomic E-state index is -0.465. The van der Waals surface area contributed by atoms with E-state index in [4.69, 9.17) is 0 Å². The lowest BCUT2D eigenvalue weighted by Crippen LogP contribution is -2.43. The standard InChI is InChI=1S/C14H19N3O3/c1-10-4-2-3-5-13(10)16-14(18)15-11-6-8-12(9-7-11)17(19)20/h6-10,13H,2-5H2,1H3,(H2,15,16,18). The van der Waals surface area contributed by atoms with Gasteiger partial charge in [-0.1, -0.05) is 19.8 Å². The molecule has 0 spiro atoms. The van der Waals surface area contributed by atoms with Crippen molar-refractivity contribution in [2.75, 3.05) is 5.32 Å². The summed E-state index contributed by atoms with van der Waals surface area (Å²) >= 11 is 0. The molecule has 2 amide bonds. The van der Waals surface area contributed by atoms with Crippen LogP contribution < -0.4 is 10.6 Å². The van der Waals surface area contributed by atoms with Crippen LogP contribution in [-0.4, -0.2) is 17.0 Å². The SMILES string of the molecule is CC1CCCCC1NC(=O)Nc1ccc([N+](=O)[O-])cc1. The molecular formula is C14H19N3O3. The van der Waals surface area contributed by atoms with Crippen LogP contribution >= 0.6 is 0 Å². The van der Waals surface area contributed by atoms with E-state index >= 15 is 0 Å². The first-order valence-electron chi connectivity index (χ1n) is 6.88. The van der Waals surface area contributed by atoms with Crippen LogP contribution in [0.2, 0.25) is 0 Å². The maximum Gasteiger partial charge on any atom is 0.319 e. The first kappa shape index (κ1) is 14.3. The molecule has 108 valence electrons. The molecule has 0 bridgehead atoms. The number of rotatable bonds is 3. The molecule has 1 aliphatic rings. The fraction of sp³-hybridized carbons (Fsp3) is 0.500. The molecule has 20 heavy (non-hydrogen) atoms. The van der Waals surface area contributed by atoms with Crippen molar-refractivity contribution in [1.29, 1.82) is 0 Å². The molecule has 6 nitrogen and oxygen atoms in total. The molecule has 0 saturated heterocycles. The van der Waals surface area contributed by atoms with Gasteiger partial charge >= 0.3 is 6.03 Å². The molecular weight excluding hydrogens is 258 g/mol. The van der Waals surface area contributed by atoms with Crippen molar-refractivity contribution in [3.05, 3.63) is 34.4 Å². The summed E-state index contributed by atoms with van der Waals surface area (Å²) in [6.07, 6.45) is 4.52. The molecule has 0 aliphatic heterocycles. The predicted molar refractivity (Wildman–Crippen MR) is 76.7 cm³/mol. The van der Waals surface area contributed by atoms with Crippen molar-refractivity contribution >= 4 is 17.4 Å². The van der Waals surface area contributed by atoms with Gasteiger partial charge in [0.05, 0.1) is 4.92 Å². The first-order valence-corrected chi connectivity index (χ1v) is 6.88. The molecule has 1 aliphatic carbocycles. The summed E-state index contributed by atoms with van der Waals surface area (Å²) in [5, 5.41) is 16.2. The third-order valence-corrected chi connectivity index (χ3v) is 3.76. The number of amides is 2. The van der Waals surface area contributed by atoms with E-state index in [0.717, 1.165) is 19.3 Å². The van der Waals surface area contributed by atoms with Crippen molar-refractivity contribution < 1.29 is 9.72 Å². The molecule has 1 fully saturated rings. The minimum absolute atomic E-state index is 0.0110. The number of carbonyl (C=O) groups is 1.